The van der Waals surface area contributed by atoms with Crippen LogP contribution in [-0.2, 0) is 14.4 Å². The Morgan fingerprint density at radius 1 is 1.19 bits per heavy atom. The first-order chi connectivity index (χ1) is 12.8. The zero-order chi connectivity index (χ0) is 19.6. The molecule has 4 rings (SSSR count). The summed E-state index contributed by atoms with van der Waals surface area (Å²) in [5.41, 5.74) is 5.91. The Bertz CT molecular complexity index is 959. The molecule has 7 heteroatoms. The molecule has 1 saturated carbocycles. The second-order valence-electron chi connectivity index (χ2n) is 7.41. The number of allylic oxidation sites excluding steroid dienone is 1. The molecule has 5 unspecified atom stereocenters. The molecule has 0 radical (unpaired) electrons. The van der Waals surface area contributed by atoms with Crippen molar-refractivity contribution in [1.82, 2.24) is 0 Å². The SMILES string of the molecule is CC1c2ccccc2C(O)=C2C(=O)C3C(O)=C(C(N)=O)C(=O)CC3C(O)C21. The van der Waals surface area contributed by atoms with Crippen molar-refractivity contribution in [3.05, 3.63) is 52.3 Å². The summed E-state index contributed by atoms with van der Waals surface area (Å²) in [6, 6.07) is 7.05. The molecule has 5 N–H and O–H groups in total. The zero-order valence-electron chi connectivity index (χ0n) is 14.5. The third-order valence-electron chi connectivity index (χ3n) is 6.11. The standard InChI is InChI=1S/C20H19NO6/c1-7-8-4-2-3-5-9(8)16(23)15-12(7)17(24)10-6-11(22)14(20(21)27)18(25)13(10)19(15)26/h2-5,7,10,12-13,17,23-25H,6H2,1H3,(H2,21,27). The van der Waals surface area contributed by atoms with Crippen LogP contribution >= 0.6 is 0 Å². The number of aliphatic hydroxyl groups is 3. The van der Waals surface area contributed by atoms with Gasteiger partial charge in [0.1, 0.15) is 17.1 Å². The number of benzene rings is 1. The maximum Gasteiger partial charge on any atom is 0.255 e. The van der Waals surface area contributed by atoms with Crippen LogP contribution in [0.4, 0.5) is 0 Å². The Hall–Kier alpha value is -2.93. The van der Waals surface area contributed by atoms with E-state index in [9.17, 15) is 29.7 Å². The Morgan fingerprint density at radius 2 is 1.85 bits per heavy atom. The van der Waals surface area contributed by atoms with Crippen LogP contribution < -0.4 is 5.73 Å². The van der Waals surface area contributed by atoms with Gasteiger partial charge in [0.25, 0.3) is 5.91 Å². The molecule has 140 valence electrons. The smallest absolute Gasteiger partial charge is 0.255 e. The second kappa shape index (κ2) is 5.79. The van der Waals surface area contributed by atoms with Crippen molar-refractivity contribution in [1.29, 1.82) is 0 Å². The molecule has 0 bridgehead atoms. The highest BCUT2D eigenvalue weighted by molar-refractivity contribution is 6.21. The first kappa shape index (κ1) is 17.5. The van der Waals surface area contributed by atoms with Crippen molar-refractivity contribution in [3.63, 3.8) is 0 Å². The Balaban J connectivity index is 1.94. The van der Waals surface area contributed by atoms with Gasteiger partial charge in [-0.15, -0.1) is 0 Å². The van der Waals surface area contributed by atoms with E-state index < -0.39 is 52.7 Å². The molecule has 1 amide bonds. The first-order valence-corrected chi connectivity index (χ1v) is 8.76. The summed E-state index contributed by atoms with van der Waals surface area (Å²) < 4.78 is 0. The van der Waals surface area contributed by atoms with Gasteiger partial charge in [0.15, 0.2) is 11.6 Å². The summed E-state index contributed by atoms with van der Waals surface area (Å²) in [6.45, 7) is 1.85. The quantitative estimate of drug-likeness (QED) is 0.548. The maximum absolute atomic E-state index is 13.2. The van der Waals surface area contributed by atoms with Crippen LogP contribution in [-0.4, -0.2) is 38.9 Å². The molecule has 3 aliphatic carbocycles. The Morgan fingerprint density at radius 3 is 2.52 bits per heavy atom. The molecule has 1 aromatic rings. The lowest BCUT2D eigenvalue weighted by Crippen LogP contribution is -2.52. The van der Waals surface area contributed by atoms with Crippen molar-refractivity contribution in [2.75, 3.05) is 0 Å². The molecule has 1 aromatic carbocycles. The van der Waals surface area contributed by atoms with Gasteiger partial charge in [-0.2, -0.15) is 0 Å². The molecule has 1 fully saturated rings. The number of rotatable bonds is 1. The number of fused-ring (bicyclic) bond motifs is 3. The van der Waals surface area contributed by atoms with Crippen LogP contribution in [0, 0.1) is 17.8 Å². The number of aliphatic hydroxyl groups excluding tert-OH is 3. The number of hydrogen-bond acceptors (Lipinski definition) is 6. The van der Waals surface area contributed by atoms with Gasteiger partial charge in [0.2, 0.25) is 0 Å². The largest absolute Gasteiger partial charge is 0.511 e. The highest BCUT2D eigenvalue weighted by Gasteiger charge is 2.56. The number of hydrogen-bond donors (Lipinski definition) is 4. The van der Waals surface area contributed by atoms with E-state index in [1.165, 1.54) is 0 Å². The van der Waals surface area contributed by atoms with Crippen LogP contribution in [0.5, 0.6) is 0 Å². The van der Waals surface area contributed by atoms with Crippen LogP contribution in [0.15, 0.2) is 41.2 Å². The highest BCUT2D eigenvalue weighted by atomic mass is 16.3. The van der Waals surface area contributed by atoms with Crippen LogP contribution in [0.25, 0.3) is 5.76 Å². The fraction of sp³-hybridized carbons (Fsp3) is 0.350. The first-order valence-electron chi connectivity index (χ1n) is 8.76. The van der Waals surface area contributed by atoms with Gasteiger partial charge in [-0.1, -0.05) is 31.2 Å². The average molecular weight is 369 g/mol. The molecule has 5 atom stereocenters. The van der Waals surface area contributed by atoms with Crippen molar-refractivity contribution in [2.45, 2.75) is 25.4 Å². The minimum absolute atomic E-state index is 0.0275. The molecule has 27 heavy (non-hydrogen) atoms. The summed E-state index contributed by atoms with van der Waals surface area (Å²) in [4.78, 5) is 37.0. The Kier molecular flexibility index (Phi) is 3.75. The normalized spacial score (nSPS) is 32.7. The summed E-state index contributed by atoms with van der Waals surface area (Å²) in [7, 11) is 0. The van der Waals surface area contributed by atoms with Gasteiger partial charge >= 0.3 is 0 Å². The summed E-state index contributed by atoms with van der Waals surface area (Å²) in [5.74, 6) is -6.45. The second-order valence-corrected chi connectivity index (χ2v) is 7.41. The molecule has 3 aliphatic rings. The van der Waals surface area contributed by atoms with E-state index in [0.717, 1.165) is 5.56 Å². The summed E-state index contributed by atoms with van der Waals surface area (Å²) >= 11 is 0. The predicted molar refractivity (Wildman–Crippen MR) is 94.4 cm³/mol. The lowest BCUT2D eigenvalue weighted by atomic mass is 9.57. The number of primary amides is 1. The number of amides is 1. The summed E-state index contributed by atoms with van der Waals surface area (Å²) in [6.07, 6.45) is -1.41. The van der Waals surface area contributed by atoms with E-state index >= 15 is 0 Å². The van der Waals surface area contributed by atoms with Crippen molar-refractivity contribution >= 4 is 23.2 Å². The van der Waals surface area contributed by atoms with Crippen molar-refractivity contribution in [3.8, 4) is 0 Å². The topological polar surface area (TPSA) is 138 Å². The highest BCUT2D eigenvalue weighted by Crippen LogP contribution is 2.52. The van der Waals surface area contributed by atoms with E-state index in [0.29, 0.717) is 5.56 Å². The van der Waals surface area contributed by atoms with Gasteiger partial charge in [0, 0.05) is 29.4 Å². The predicted octanol–water partition coefficient (Wildman–Crippen LogP) is 1.14. The molecule has 0 spiro atoms. The minimum atomic E-state index is -1.27. The van der Waals surface area contributed by atoms with E-state index in [1.54, 1.807) is 12.1 Å². The van der Waals surface area contributed by atoms with E-state index in [2.05, 4.69) is 0 Å². The van der Waals surface area contributed by atoms with Crippen molar-refractivity contribution in [2.24, 2.45) is 23.5 Å². The van der Waals surface area contributed by atoms with E-state index in [4.69, 9.17) is 5.73 Å². The number of ketones is 2. The molecule has 0 saturated heterocycles. The number of carbonyl (C=O) groups excluding carboxylic acids is 3. The molecule has 0 aromatic heterocycles. The van der Waals surface area contributed by atoms with Crippen LogP contribution in [0.1, 0.15) is 30.4 Å². The molecule has 0 heterocycles. The van der Waals surface area contributed by atoms with Crippen LogP contribution in [0.2, 0.25) is 0 Å². The van der Waals surface area contributed by atoms with Gasteiger partial charge < -0.3 is 21.1 Å². The molecule has 7 nitrogen and oxygen atoms in total. The lowest BCUT2D eigenvalue weighted by Gasteiger charge is -2.46. The molecular weight excluding hydrogens is 350 g/mol. The zero-order valence-corrected chi connectivity index (χ0v) is 14.5. The van der Waals surface area contributed by atoms with Crippen LogP contribution in [0.3, 0.4) is 0 Å². The Labute approximate surface area is 154 Å². The lowest BCUT2D eigenvalue weighted by molar-refractivity contribution is -0.133. The third-order valence-corrected chi connectivity index (χ3v) is 6.11. The average Bonchev–Trinajstić information content (AvgIpc) is 2.62. The molecular formula is C20H19NO6. The van der Waals surface area contributed by atoms with E-state index in [-0.39, 0.29) is 23.7 Å². The fourth-order valence-electron chi connectivity index (χ4n) is 4.87. The molecule has 0 aliphatic heterocycles. The van der Waals surface area contributed by atoms with Gasteiger partial charge in [-0.25, -0.2) is 0 Å². The van der Waals surface area contributed by atoms with E-state index in [1.807, 2.05) is 19.1 Å². The fourth-order valence-corrected chi connectivity index (χ4v) is 4.87. The number of carbonyl (C=O) groups is 3. The number of nitrogens with two attached hydrogens (primary N) is 1. The van der Waals surface area contributed by atoms with Gasteiger partial charge in [-0.3, -0.25) is 14.4 Å². The maximum atomic E-state index is 13.2. The van der Waals surface area contributed by atoms with Crippen molar-refractivity contribution < 1.29 is 29.7 Å². The minimum Gasteiger partial charge on any atom is -0.511 e. The monoisotopic (exact) mass is 369 g/mol. The number of Topliss-reactive ketones (excluding diaryl/α,β-unsaturated/α-hetero) is 2. The third kappa shape index (κ3) is 2.21. The summed E-state index contributed by atoms with van der Waals surface area (Å²) in [5, 5.41) is 32.2. The van der Waals surface area contributed by atoms with Gasteiger partial charge in [0.05, 0.1) is 12.0 Å². The van der Waals surface area contributed by atoms with Gasteiger partial charge in [-0.05, 0) is 11.5 Å².